The first-order valence-corrected chi connectivity index (χ1v) is 11.1. The van der Waals surface area contributed by atoms with Crippen LogP contribution in [0.4, 0.5) is 15.8 Å². The Kier molecular flexibility index (Phi) is 6.87. The van der Waals surface area contributed by atoms with E-state index in [1.54, 1.807) is 18.2 Å². The predicted octanol–water partition coefficient (Wildman–Crippen LogP) is 4.43. The Morgan fingerprint density at radius 1 is 1.14 bits per heavy atom. The second-order valence-electron chi connectivity index (χ2n) is 7.20. The SMILES string of the molecule is CC(=O)Nc1cc(S(=O)(=O)Nc2cccc(COC3CCCCC3)c2)ccc1F. The predicted molar refractivity (Wildman–Crippen MR) is 110 cm³/mol. The zero-order chi connectivity index (χ0) is 20.9. The van der Waals surface area contributed by atoms with E-state index in [9.17, 15) is 17.6 Å². The number of carbonyl (C=O) groups is 1. The van der Waals surface area contributed by atoms with E-state index in [0.29, 0.717) is 12.3 Å². The van der Waals surface area contributed by atoms with Crippen molar-refractivity contribution < 1.29 is 22.3 Å². The topological polar surface area (TPSA) is 84.5 Å². The molecule has 2 aromatic carbocycles. The molecule has 0 radical (unpaired) electrons. The number of carbonyl (C=O) groups excluding carboxylic acids is 1. The smallest absolute Gasteiger partial charge is 0.261 e. The molecule has 0 atom stereocenters. The first-order chi connectivity index (χ1) is 13.8. The molecular formula is C21H25FN2O4S. The zero-order valence-corrected chi connectivity index (χ0v) is 17.1. The minimum Gasteiger partial charge on any atom is -0.374 e. The van der Waals surface area contributed by atoms with Crippen LogP contribution in [-0.4, -0.2) is 20.4 Å². The minimum atomic E-state index is -3.95. The molecule has 0 unspecified atom stereocenters. The highest BCUT2D eigenvalue weighted by molar-refractivity contribution is 7.92. The Balaban J connectivity index is 1.70. The maximum atomic E-state index is 13.8. The van der Waals surface area contributed by atoms with Gasteiger partial charge in [-0.05, 0) is 48.7 Å². The number of hydrogen-bond acceptors (Lipinski definition) is 4. The fourth-order valence-electron chi connectivity index (χ4n) is 3.34. The number of anilines is 2. The number of halogens is 1. The number of nitrogens with one attached hydrogen (secondary N) is 2. The average molecular weight is 421 g/mol. The van der Waals surface area contributed by atoms with Gasteiger partial charge in [0.1, 0.15) is 5.82 Å². The maximum Gasteiger partial charge on any atom is 0.261 e. The molecule has 2 N–H and O–H groups in total. The number of amides is 1. The van der Waals surface area contributed by atoms with E-state index in [2.05, 4.69) is 10.0 Å². The fraction of sp³-hybridized carbons (Fsp3) is 0.381. The van der Waals surface area contributed by atoms with Crippen LogP contribution in [0.15, 0.2) is 47.4 Å². The Morgan fingerprint density at radius 3 is 2.62 bits per heavy atom. The van der Waals surface area contributed by atoms with Gasteiger partial charge in [0.15, 0.2) is 0 Å². The van der Waals surface area contributed by atoms with Gasteiger partial charge < -0.3 is 10.1 Å². The van der Waals surface area contributed by atoms with E-state index >= 15 is 0 Å². The van der Waals surface area contributed by atoms with Crippen molar-refractivity contribution in [1.29, 1.82) is 0 Å². The molecule has 2 aromatic rings. The highest BCUT2D eigenvalue weighted by atomic mass is 32.2. The summed E-state index contributed by atoms with van der Waals surface area (Å²) in [5, 5.41) is 2.28. The van der Waals surface area contributed by atoms with E-state index in [1.165, 1.54) is 26.2 Å². The molecule has 1 aliphatic carbocycles. The number of sulfonamides is 1. The summed E-state index contributed by atoms with van der Waals surface area (Å²) in [6.07, 6.45) is 6.01. The number of ether oxygens (including phenoxy) is 1. The van der Waals surface area contributed by atoms with Crippen LogP contribution in [0.1, 0.15) is 44.6 Å². The van der Waals surface area contributed by atoms with Crippen molar-refractivity contribution in [3.05, 3.63) is 53.8 Å². The van der Waals surface area contributed by atoms with Crippen molar-refractivity contribution in [2.45, 2.75) is 56.6 Å². The first kappa shape index (κ1) is 21.3. The lowest BCUT2D eigenvalue weighted by molar-refractivity contribution is -0.114. The normalized spacial score (nSPS) is 15.1. The van der Waals surface area contributed by atoms with Crippen molar-refractivity contribution in [1.82, 2.24) is 0 Å². The molecule has 0 bridgehead atoms. The van der Waals surface area contributed by atoms with E-state index in [4.69, 9.17) is 4.74 Å². The molecule has 1 amide bonds. The molecule has 0 aliphatic heterocycles. The summed E-state index contributed by atoms with van der Waals surface area (Å²) in [6, 6.07) is 10.2. The summed E-state index contributed by atoms with van der Waals surface area (Å²) in [4.78, 5) is 11.0. The monoisotopic (exact) mass is 420 g/mol. The fourth-order valence-corrected chi connectivity index (χ4v) is 4.42. The van der Waals surface area contributed by atoms with Gasteiger partial charge >= 0.3 is 0 Å². The summed E-state index contributed by atoms with van der Waals surface area (Å²) in [6.45, 7) is 1.64. The maximum absolute atomic E-state index is 13.8. The van der Waals surface area contributed by atoms with Crippen molar-refractivity contribution in [3.63, 3.8) is 0 Å². The Hall–Kier alpha value is -2.45. The van der Waals surface area contributed by atoms with Gasteiger partial charge in [-0.3, -0.25) is 9.52 Å². The molecule has 1 aliphatic rings. The summed E-state index contributed by atoms with van der Waals surface area (Å²) in [5.41, 5.74) is 1.07. The highest BCUT2D eigenvalue weighted by Gasteiger charge is 2.18. The highest BCUT2D eigenvalue weighted by Crippen LogP contribution is 2.24. The largest absolute Gasteiger partial charge is 0.374 e. The van der Waals surface area contributed by atoms with E-state index < -0.39 is 21.7 Å². The third kappa shape index (κ3) is 6.01. The lowest BCUT2D eigenvalue weighted by Crippen LogP contribution is -2.16. The van der Waals surface area contributed by atoms with Gasteiger partial charge in [-0.25, -0.2) is 12.8 Å². The van der Waals surface area contributed by atoms with Gasteiger partial charge in [-0.2, -0.15) is 0 Å². The van der Waals surface area contributed by atoms with Crippen molar-refractivity contribution in [2.75, 3.05) is 10.0 Å². The van der Waals surface area contributed by atoms with E-state index in [1.807, 2.05) is 6.07 Å². The first-order valence-electron chi connectivity index (χ1n) is 9.64. The third-order valence-corrected chi connectivity index (χ3v) is 6.15. The molecule has 0 heterocycles. The van der Waals surface area contributed by atoms with Gasteiger partial charge in [0.05, 0.1) is 23.3 Å². The Labute approximate surface area is 170 Å². The molecule has 0 spiro atoms. The van der Waals surface area contributed by atoms with Crippen LogP contribution < -0.4 is 10.0 Å². The van der Waals surface area contributed by atoms with Crippen LogP contribution >= 0.6 is 0 Å². The molecular weight excluding hydrogens is 395 g/mol. The molecule has 29 heavy (non-hydrogen) atoms. The van der Waals surface area contributed by atoms with Gasteiger partial charge in [0, 0.05) is 12.6 Å². The molecule has 3 rings (SSSR count). The Morgan fingerprint density at radius 2 is 1.90 bits per heavy atom. The number of rotatable bonds is 7. The van der Waals surface area contributed by atoms with Crippen LogP contribution in [0, 0.1) is 5.82 Å². The van der Waals surface area contributed by atoms with E-state index in [-0.39, 0.29) is 16.7 Å². The molecule has 1 saturated carbocycles. The molecule has 0 aromatic heterocycles. The summed E-state index contributed by atoms with van der Waals surface area (Å²) in [5.74, 6) is -1.20. The van der Waals surface area contributed by atoms with Crippen LogP contribution in [0.2, 0.25) is 0 Å². The standard InChI is InChI=1S/C21H25FN2O4S/c1-15(25)23-21-13-19(10-11-20(21)22)29(26,27)24-17-7-5-6-16(12-17)14-28-18-8-3-2-4-9-18/h5-7,10-13,18,24H,2-4,8-9,14H2,1H3,(H,23,25). The lowest BCUT2D eigenvalue weighted by atomic mass is 9.98. The molecule has 6 nitrogen and oxygen atoms in total. The van der Waals surface area contributed by atoms with Crippen LogP contribution in [0.3, 0.4) is 0 Å². The van der Waals surface area contributed by atoms with Gasteiger partial charge in [0.2, 0.25) is 5.91 Å². The third-order valence-electron chi connectivity index (χ3n) is 4.78. The quantitative estimate of drug-likeness (QED) is 0.694. The number of hydrogen-bond donors (Lipinski definition) is 2. The summed E-state index contributed by atoms with van der Waals surface area (Å²) in [7, 11) is -3.95. The van der Waals surface area contributed by atoms with Crippen molar-refractivity contribution >= 4 is 27.3 Å². The Bertz CT molecular complexity index is 972. The molecule has 1 fully saturated rings. The molecule has 156 valence electrons. The van der Waals surface area contributed by atoms with Crippen molar-refractivity contribution in [3.8, 4) is 0 Å². The second-order valence-corrected chi connectivity index (χ2v) is 8.88. The minimum absolute atomic E-state index is 0.147. The lowest BCUT2D eigenvalue weighted by Gasteiger charge is -2.22. The van der Waals surface area contributed by atoms with Crippen molar-refractivity contribution in [2.24, 2.45) is 0 Å². The molecule has 8 heteroatoms. The second kappa shape index (κ2) is 9.37. The van der Waals surface area contributed by atoms with Gasteiger partial charge in [-0.15, -0.1) is 0 Å². The number of benzene rings is 2. The van der Waals surface area contributed by atoms with Crippen LogP contribution in [-0.2, 0) is 26.2 Å². The van der Waals surface area contributed by atoms with Crippen LogP contribution in [0.5, 0.6) is 0 Å². The summed E-state index contributed by atoms with van der Waals surface area (Å²) >= 11 is 0. The van der Waals surface area contributed by atoms with E-state index in [0.717, 1.165) is 36.6 Å². The summed E-state index contributed by atoms with van der Waals surface area (Å²) < 4.78 is 47.6. The zero-order valence-electron chi connectivity index (χ0n) is 16.3. The van der Waals surface area contributed by atoms with Gasteiger partial charge in [-0.1, -0.05) is 31.4 Å². The van der Waals surface area contributed by atoms with Gasteiger partial charge in [0.25, 0.3) is 10.0 Å². The molecule has 0 saturated heterocycles. The average Bonchev–Trinajstić information content (AvgIpc) is 2.68. The van der Waals surface area contributed by atoms with Crippen LogP contribution in [0.25, 0.3) is 0 Å².